The van der Waals surface area contributed by atoms with Gasteiger partial charge in [-0.05, 0) is 30.3 Å². The summed E-state index contributed by atoms with van der Waals surface area (Å²) in [7, 11) is 2.83. The molecule has 0 spiro atoms. The van der Waals surface area contributed by atoms with Crippen molar-refractivity contribution in [2.24, 2.45) is 4.99 Å². The summed E-state index contributed by atoms with van der Waals surface area (Å²) in [5.74, 6) is -0.393. The quantitative estimate of drug-likeness (QED) is 0.256. The molecule has 2 aromatic heterocycles. The number of hydrogen-bond donors (Lipinski definition) is 0. The van der Waals surface area contributed by atoms with E-state index in [0.717, 1.165) is 16.0 Å². The van der Waals surface area contributed by atoms with Crippen molar-refractivity contribution in [2.45, 2.75) is 6.54 Å². The number of carbonyl (C=O) groups is 2. The van der Waals surface area contributed by atoms with Gasteiger partial charge in [-0.15, -0.1) is 0 Å². The lowest BCUT2D eigenvalue weighted by Gasteiger charge is -2.04. The number of benzene rings is 1. The number of fused-ring (bicyclic) bond motifs is 1. The van der Waals surface area contributed by atoms with Crippen LogP contribution in [0.1, 0.15) is 4.88 Å². The van der Waals surface area contributed by atoms with Gasteiger partial charge >= 0.3 is 11.0 Å². The third-order valence-electron chi connectivity index (χ3n) is 3.79. The molecule has 0 saturated heterocycles. The summed E-state index contributed by atoms with van der Waals surface area (Å²) in [6.07, 6.45) is 2.69. The molecular formula is C18H15N3O6S2. The summed E-state index contributed by atoms with van der Waals surface area (Å²) in [5, 5.41) is 10.7. The molecule has 3 rings (SSSR count). The first-order valence-corrected chi connectivity index (χ1v) is 9.79. The highest BCUT2D eigenvalue weighted by atomic mass is 32.1. The minimum Gasteiger partial charge on any atom is -0.497 e. The minimum absolute atomic E-state index is 0.0107. The second kappa shape index (κ2) is 8.80. The zero-order chi connectivity index (χ0) is 21.0. The minimum atomic E-state index is -0.557. The summed E-state index contributed by atoms with van der Waals surface area (Å²) in [6.45, 7) is -0.101. The molecule has 0 aliphatic heterocycles. The average Bonchev–Trinajstić information content (AvgIpc) is 3.31. The molecule has 1 amide bonds. The number of methoxy groups -OCH3 is 2. The predicted octanol–water partition coefficient (Wildman–Crippen LogP) is 2.99. The van der Waals surface area contributed by atoms with Crippen molar-refractivity contribution in [2.75, 3.05) is 14.2 Å². The van der Waals surface area contributed by atoms with Crippen molar-refractivity contribution in [1.29, 1.82) is 0 Å². The number of ether oxygens (including phenoxy) is 2. The molecule has 29 heavy (non-hydrogen) atoms. The van der Waals surface area contributed by atoms with Gasteiger partial charge in [0.2, 0.25) is 0 Å². The van der Waals surface area contributed by atoms with Gasteiger partial charge in [-0.3, -0.25) is 19.7 Å². The van der Waals surface area contributed by atoms with Gasteiger partial charge in [0.1, 0.15) is 12.3 Å². The van der Waals surface area contributed by atoms with E-state index in [2.05, 4.69) is 4.99 Å². The van der Waals surface area contributed by atoms with Gasteiger partial charge in [0.25, 0.3) is 5.91 Å². The highest BCUT2D eigenvalue weighted by molar-refractivity contribution is 7.16. The topological polar surface area (TPSA) is 113 Å². The number of carbonyl (C=O) groups excluding carboxylic acids is 2. The van der Waals surface area contributed by atoms with Crippen LogP contribution in [0.5, 0.6) is 5.75 Å². The summed E-state index contributed by atoms with van der Waals surface area (Å²) in [6, 6.07) is 8.24. The number of nitrogens with zero attached hydrogens (tertiary/aromatic N) is 3. The number of esters is 1. The van der Waals surface area contributed by atoms with Gasteiger partial charge in [0.15, 0.2) is 4.80 Å². The maximum absolute atomic E-state index is 12.3. The third-order valence-corrected chi connectivity index (χ3v) is 5.84. The Labute approximate surface area is 172 Å². The Kier molecular flexibility index (Phi) is 6.20. The van der Waals surface area contributed by atoms with E-state index in [1.54, 1.807) is 35.9 Å². The molecular weight excluding hydrogens is 418 g/mol. The van der Waals surface area contributed by atoms with E-state index in [-0.39, 0.29) is 11.5 Å². The fourth-order valence-electron chi connectivity index (χ4n) is 2.43. The Bertz CT molecular complexity index is 1190. The normalized spacial score (nSPS) is 11.9. The van der Waals surface area contributed by atoms with Crippen LogP contribution in [0.15, 0.2) is 41.4 Å². The lowest BCUT2D eigenvalue weighted by molar-refractivity contribution is -0.380. The summed E-state index contributed by atoms with van der Waals surface area (Å²) >= 11 is 2.19. The largest absolute Gasteiger partial charge is 0.497 e. The van der Waals surface area contributed by atoms with E-state index in [4.69, 9.17) is 9.47 Å². The van der Waals surface area contributed by atoms with E-state index >= 15 is 0 Å². The molecule has 0 atom stereocenters. The zero-order valence-corrected chi connectivity index (χ0v) is 17.0. The number of thiophene rings is 1. The maximum Gasteiger partial charge on any atom is 0.325 e. The molecule has 0 fully saturated rings. The molecule has 2 heterocycles. The van der Waals surface area contributed by atoms with Crippen molar-refractivity contribution in [3.05, 3.63) is 56.2 Å². The van der Waals surface area contributed by atoms with E-state index in [1.165, 1.54) is 36.7 Å². The lowest BCUT2D eigenvalue weighted by Crippen LogP contribution is -2.22. The molecule has 0 radical (unpaired) electrons. The number of nitro groups is 1. The van der Waals surface area contributed by atoms with Gasteiger partial charge in [-0.25, -0.2) is 0 Å². The molecule has 3 aromatic rings. The number of amides is 1. The van der Waals surface area contributed by atoms with Gasteiger partial charge in [0, 0.05) is 17.0 Å². The van der Waals surface area contributed by atoms with Crippen LogP contribution >= 0.6 is 22.7 Å². The molecule has 1 aromatic carbocycles. The average molecular weight is 433 g/mol. The first-order valence-electron chi connectivity index (χ1n) is 8.16. The molecule has 150 valence electrons. The van der Waals surface area contributed by atoms with Crippen LogP contribution in [0.2, 0.25) is 0 Å². The van der Waals surface area contributed by atoms with Crippen molar-refractivity contribution < 1.29 is 24.0 Å². The number of hydrogen-bond acceptors (Lipinski definition) is 8. The molecule has 0 aliphatic rings. The maximum atomic E-state index is 12.3. The number of rotatable bonds is 6. The Hall–Kier alpha value is -3.31. The molecule has 0 N–H and O–H groups in total. The monoisotopic (exact) mass is 433 g/mol. The van der Waals surface area contributed by atoms with Crippen LogP contribution in [0.25, 0.3) is 16.3 Å². The van der Waals surface area contributed by atoms with Gasteiger partial charge in [-0.1, -0.05) is 22.7 Å². The van der Waals surface area contributed by atoms with Crippen molar-refractivity contribution in [3.8, 4) is 5.75 Å². The van der Waals surface area contributed by atoms with Crippen LogP contribution in [0.3, 0.4) is 0 Å². The second-order valence-corrected chi connectivity index (χ2v) is 7.70. The number of thiazole rings is 1. The SMILES string of the molecule is COC(=O)Cn1c(=NC(=O)C=Cc2ccc([N+](=O)[O-])s2)sc2cc(OC)ccc21. The van der Waals surface area contributed by atoms with Crippen LogP contribution in [0, 0.1) is 10.1 Å². The predicted molar refractivity (Wildman–Crippen MR) is 109 cm³/mol. The smallest absolute Gasteiger partial charge is 0.325 e. The fraction of sp³-hybridized carbons (Fsp3) is 0.167. The van der Waals surface area contributed by atoms with Gasteiger partial charge < -0.3 is 14.0 Å². The molecule has 0 saturated carbocycles. The number of aromatic nitrogens is 1. The van der Waals surface area contributed by atoms with Crippen molar-refractivity contribution >= 4 is 55.8 Å². The van der Waals surface area contributed by atoms with Crippen molar-refractivity contribution in [3.63, 3.8) is 0 Å². The molecule has 0 aliphatic carbocycles. The first kappa shape index (κ1) is 20.4. The molecule has 9 nitrogen and oxygen atoms in total. The third kappa shape index (κ3) is 4.76. The Morgan fingerprint density at radius 2 is 2.03 bits per heavy atom. The van der Waals surface area contributed by atoms with Crippen LogP contribution < -0.4 is 9.54 Å². The highest BCUT2D eigenvalue weighted by Gasteiger charge is 2.12. The summed E-state index contributed by atoms with van der Waals surface area (Å²) in [5.41, 5.74) is 0.714. The molecule has 11 heteroatoms. The van der Waals surface area contributed by atoms with Gasteiger partial charge in [-0.2, -0.15) is 4.99 Å². The van der Waals surface area contributed by atoms with Crippen LogP contribution in [-0.2, 0) is 20.9 Å². The van der Waals surface area contributed by atoms with Crippen LogP contribution in [-0.4, -0.2) is 35.6 Å². The van der Waals surface area contributed by atoms with Crippen molar-refractivity contribution in [1.82, 2.24) is 4.57 Å². The van der Waals surface area contributed by atoms with Crippen LogP contribution in [0.4, 0.5) is 5.00 Å². The zero-order valence-electron chi connectivity index (χ0n) is 15.4. The molecule has 0 unspecified atom stereocenters. The molecule has 0 bridgehead atoms. The summed E-state index contributed by atoms with van der Waals surface area (Å²) in [4.78, 5) is 39.3. The highest BCUT2D eigenvalue weighted by Crippen LogP contribution is 2.25. The first-order chi connectivity index (χ1) is 13.9. The van der Waals surface area contributed by atoms with Gasteiger partial charge in [0.05, 0.1) is 29.4 Å². The van der Waals surface area contributed by atoms with E-state index in [1.807, 2.05) is 0 Å². The van der Waals surface area contributed by atoms with E-state index in [0.29, 0.717) is 20.9 Å². The summed E-state index contributed by atoms with van der Waals surface area (Å²) < 4.78 is 12.3. The van der Waals surface area contributed by atoms with E-state index in [9.17, 15) is 19.7 Å². The Balaban J connectivity index is 1.97. The standard InChI is InChI=1S/C18H15N3O6S2/c1-26-11-3-6-13-14(9-11)29-18(20(13)10-17(23)27-2)19-15(22)7-4-12-5-8-16(28-12)21(24)25/h3-9H,10H2,1-2H3. The Morgan fingerprint density at radius 3 is 2.69 bits per heavy atom. The van der Waals surface area contributed by atoms with E-state index < -0.39 is 16.8 Å². The second-order valence-electron chi connectivity index (χ2n) is 5.60. The Morgan fingerprint density at radius 1 is 1.24 bits per heavy atom. The lowest BCUT2D eigenvalue weighted by atomic mass is 10.3. The fourth-order valence-corrected chi connectivity index (χ4v) is 4.21.